The van der Waals surface area contributed by atoms with E-state index in [0.29, 0.717) is 12.6 Å². The van der Waals surface area contributed by atoms with Gasteiger partial charge in [-0.1, -0.05) is 30.3 Å². The Hall–Kier alpha value is -3.08. The third-order valence-electron chi connectivity index (χ3n) is 4.07. The third kappa shape index (κ3) is 5.99. The molecule has 5 nitrogen and oxygen atoms in total. The van der Waals surface area contributed by atoms with Gasteiger partial charge in [0.05, 0.1) is 6.61 Å². The number of ether oxygens (including phenoxy) is 1. The maximum Gasteiger partial charge on any atom is 0.229 e. The molecule has 0 fully saturated rings. The molecule has 0 saturated carbocycles. The highest BCUT2D eigenvalue weighted by atomic mass is 16.5. The van der Waals surface area contributed by atoms with Crippen LogP contribution in [0.4, 0.5) is 17.5 Å². The van der Waals surface area contributed by atoms with Crippen LogP contribution in [0.25, 0.3) is 0 Å². The second-order valence-corrected chi connectivity index (χ2v) is 6.32. The largest absolute Gasteiger partial charge is 0.494 e. The Bertz CT molecular complexity index is 835. The number of aromatic nitrogens is 2. The van der Waals surface area contributed by atoms with Gasteiger partial charge in [0.15, 0.2) is 0 Å². The van der Waals surface area contributed by atoms with Crippen molar-refractivity contribution in [2.24, 2.45) is 0 Å². The van der Waals surface area contributed by atoms with Crippen LogP contribution in [0, 0.1) is 6.92 Å². The maximum atomic E-state index is 5.47. The molecule has 0 atom stereocenters. The first-order chi connectivity index (χ1) is 13.2. The fraction of sp³-hybridized carbons (Fsp3) is 0.273. The summed E-state index contributed by atoms with van der Waals surface area (Å²) in [6.45, 7) is 5.47. The van der Waals surface area contributed by atoms with E-state index in [1.165, 1.54) is 5.56 Å². The fourth-order valence-corrected chi connectivity index (χ4v) is 2.80. The average Bonchev–Trinajstić information content (AvgIpc) is 2.67. The molecule has 0 aliphatic heterocycles. The van der Waals surface area contributed by atoms with Crippen LogP contribution in [0.1, 0.15) is 24.6 Å². The minimum Gasteiger partial charge on any atom is -0.494 e. The minimum absolute atomic E-state index is 0.588. The summed E-state index contributed by atoms with van der Waals surface area (Å²) in [7, 11) is 0. The Morgan fingerprint density at radius 3 is 2.48 bits per heavy atom. The summed E-state index contributed by atoms with van der Waals surface area (Å²) >= 11 is 0. The minimum atomic E-state index is 0.588. The van der Waals surface area contributed by atoms with Gasteiger partial charge in [0.25, 0.3) is 0 Å². The van der Waals surface area contributed by atoms with Crippen LogP contribution in [0.2, 0.25) is 0 Å². The molecule has 0 aliphatic carbocycles. The molecule has 5 heteroatoms. The van der Waals surface area contributed by atoms with Gasteiger partial charge in [-0.2, -0.15) is 4.98 Å². The lowest BCUT2D eigenvalue weighted by molar-refractivity contribution is 0.340. The van der Waals surface area contributed by atoms with E-state index in [0.717, 1.165) is 42.3 Å². The predicted molar refractivity (Wildman–Crippen MR) is 111 cm³/mol. The molecule has 2 aromatic carbocycles. The van der Waals surface area contributed by atoms with E-state index in [-0.39, 0.29) is 0 Å². The lowest BCUT2D eigenvalue weighted by Crippen LogP contribution is -2.07. The number of anilines is 3. The molecule has 0 aliphatic rings. The van der Waals surface area contributed by atoms with Crippen LogP contribution in [0.5, 0.6) is 5.75 Å². The summed E-state index contributed by atoms with van der Waals surface area (Å²) in [6, 6.07) is 20.3. The topological polar surface area (TPSA) is 59.1 Å². The molecular formula is C22H26N4O. The SMILES string of the molecule is CCOc1ccc(Nc2nc(C)cc(NCCCc3ccccc3)n2)cc1. The van der Waals surface area contributed by atoms with E-state index in [1.54, 1.807) is 0 Å². The highest BCUT2D eigenvalue weighted by molar-refractivity contribution is 5.56. The Labute approximate surface area is 160 Å². The number of rotatable bonds is 9. The van der Waals surface area contributed by atoms with E-state index >= 15 is 0 Å². The first-order valence-electron chi connectivity index (χ1n) is 9.36. The first kappa shape index (κ1) is 18.7. The second kappa shape index (κ2) is 9.57. The molecule has 1 aromatic heterocycles. The molecule has 140 valence electrons. The standard InChI is InChI=1S/C22H26N4O/c1-3-27-20-13-11-19(12-14-20)25-22-24-17(2)16-21(26-22)23-15-7-10-18-8-5-4-6-9-18/h4-6,8-9,11-14,16H,3,7,10,15H2,1-2H3,(H2,23,24,25,26). The summed E-state index contributed by atoms with van der Waals surface area (Å²) in [4.78, 5) is 9.04. The number of hydrogen-bond donors (Lipinski definition) is 2. The summed E-state index contributed by atoms with van der Waals surface area (Å²) < 4.78 is 5.47. The zero-order valence-electron chi connectivity index (χ0n) is 15.9. The van der Waals surface area contributed by atoms with Gasteiger partial charge in [-0.05, 0) is 56.5 Å². The second-order valence-electron chi connectivity index (χ2n) is 6.32. The van der Waals surface area contributed by atoms with Gasteiger partial charge in [0, 0.05) is 24.0 Å². The number of benzene rings is 2. The zero-order chi connectivity index (χ0) is 18.9. The summed E-state index contributed by atoms with van der Waals surface area (Å²) in [6.07, 6.45) is 2.10. The van der Waals surface area contributed by atoms with Crippen molar-refractivity contribution in [2.75, 3.05) is 23.8 Å². The van der Waals surface area contributed by atoms with Gasteiger partial charge in [0.2, 0.25) is 5.95 Å². The number of aryl methyl sites for hydroxylation is 2. The fourth-order valence-electron chi connectivity index (χ4n) is 2.80. The van der Waals surface area contributed by atoms with E-state index in [9.17, 15) is 0 Å². The van der Waals surface area contributed by atoms with Crippen LogP contribution in [-0.4, -0.2) is 23.1 Å². The number of nitrogens with zero attached hydrogens (tertiary/aromatic N) is 2. The van der Waals surface area contributed by atoms with Crippen molar-refractivity contribution in [1.82, 2.24) is 9.97 Å². The van der Waals surface area contributed by atoms with E-state index in [2.05, 4.69) is 44.9 Å². The van der Waals surface area contributed by atoms with Crippen molar-refractivity contribution in [3.63, 3.8) is 0 Å². The first-order valence-corrected chi connectivity index (χ1v) is 9.36. The molecule has 0 bridgehead atoms. The summed E-state index contributed by atoms with van der Waals surface area (Å²) in [5.41, 5.74) is 3.21. The van der Waals surface area contributed by atoms with Gasteiger partial charge in [-0.15, -0.1) is 0 Å². The van der Waals surface area contributed by atoms with Crippen LogP contribution in [-0.2, 0) is 6.42 Å². The molecule has 0 amide bonds. The van der Waals surface area contributed by atoms with E-state index in [4.69, 9.17) is 4.74 Å². The highest BCUT2D eigenvalue weighted by Crippen LogP contribution is 2.19. The normalized spacial score (nSPS) is 10.4. The lowest BCUT2D eigenvalue weighted by atomic mass is 10.1. The molecular weight excluding hydrogens is 336 g/mol. The summed E-state index contributed by atoms with van der Waals surface area (Å²) in [5.74, 6) is 2.28. The monoisotopic (exact) mass is 362 g/mol. The van der Waals surface area contributed by atoms with Crippen molar-refractivity contribution in [1.29, 1.82) is 0 Å². The molecule has 0 saturated heterocycles. The van der Waals surface area contributed by atoms with Gasteiger partial charge >= 0.3 is 0 Å². The van der Waals surface area contributed by atoms with E-state index < -0.39 is 0 Å². The zero-order valence-corrected chi connectivity index (χ0v) is 15.9. The Morgan fingerprint density at radius 2 is 1.74 bits per heavy atom. The Kier molecular flexibility index (Phi) is 6.63. The van der Waals surface area contributed by atoms with Gasteiger partial charge in [-0.3, -0.25) is 0 Å². The van der Waals surface area contributed by atoms with E-state index in [1.807, 2.05) is 50.2 Å². The van der Waals surface area contributed by atoms with Crippen molar-refractivity contribution in [2.45, 2.75) is 26.7 Å². The molecule has 0 spiro atoms. The van der Waals surface area contributed by atoms with Crippen LogP contribution in [0.3, 0.4) is 0 Å². The quantitative estimate of drug-likeness (QED) is 0.526. The molecule has 3 rings (SSSR count). The van der Waals surface area contributed by atoms with Gasteiger partial charge in [-0.25, -0.2) is 4.98 Å². The smallest absolute Gasteiger partial charge is 0.229 e. The van der Waals surface area contributed by atoms with Crippen LogP contribution < -0.4 is 15.4 Å². The maximum absolute atomic E-state index is 5.47. The lowest BCUT2D eigenvalue weighted by Gasteiger charge is -2.10. The highest BCUT2D eigenvalue weighted by Gasteiger charge is 2.03. The van der Waals surface area contributed by atoms with Crippen LogP contribution in [0.15, 0.2) is 60.7 Å². The third-order valence-corrected chi connectivity index (χ3v) is 4.07. The van der Waals surface area contributed by atoms with Gasteiger partial charge in [0.1, 0.15) is 11.6 Å². The molecule has 1 heterocycles. The molecule has 27 heavy (non-hydrogen) atoms. The van der Waals surface area contributed by atoms with Crippen LogP contribution >= 0.6 is 0 Å². The number of hydrogen-bond acceptors (Lipinski definition) is 5. The Morgan fingerprint density at radius 1 is 0.963 bits per heavy atom. The molecule has 0 unspecified atom stereocenters. The molecule has 0 radical (unpaired) electrons. The number of nitrogens with one attached hydrogen (secondary N) is 2. The Balaban J connectivity index is 1.55. The van der Waals surface area contributed by atoms with Crippen molar-refractivity contribution < 1.29 is 4.74 Å². The molecule has 2 N–H and O–H groups in total. The van der Waals surface area contributed by atoms with Crippen molar-refractivity contribution in [3.8, 4) is 5.75 Å². The summed E-state index contributed by atoms with van der Waals surface area (Å²) in [5, 5.41) is 6.65. The average molecular weight is 362 g/mol. The van der Waals surface area contributed by atoms with Crippen molar-refractivity contribution >= 4 is 17.5 Å². The predicted octanol–water partition coefficient (Wildman–Crippen LogP) is 4.97. The van der Waals surface area contributed by atoms with Crippen molar-refractivity contribution in [3.05, 3.63) is 71.9 Å². The van der Waals surface area contributed by atoms with Gasteiger partial charge < -0.3 is 15.4 Å². The molecule has 3 aromatic rings.